The Balaban J connectivity index is 2.30. The number of aryl methyl sites for hydroxylation is 1. The number of aromatic nitrogens is 5. The van der Waals surface area contributed by atoms with E-state index in [4.69, 9.17) is 5.73 Å². The van der Waals surface area contributed by atoms with E-state index >= 15 is 0 Å². The van der Waals surface area contributed by atoms with Gasteiger partial charge in [0.1, 0.15) is 11.3 Å². The molecule has 0 aromatic carbocycles. The van der Waals surface area contributed by atoms with Gasteiger partial charge in [-0.2, -0.15) is 4.98 Å². The summed E-state index contributed by atoms with van der Waals surface area (Å²) < 4.78 is 2.02. The van der Waals surface area contributed by atoms with Gasteiger partial charge in [-0.05, 0) is 19.1 Å². The molecule has 0 aliphatic rings. The number of nitrogens with two attached hydrogens (primary N) is 1. The van der Waals surface area contributed by atoms with E-state index in [1.807, 2.05) is 23.6 Å². The van der Waals surface area contributed by atoms with Gasteiger partial charge in [0.05, 0.1) is 6.20 Å². The summed E-state index contributed by atoms with van der Waals surface area (Å²) >= 11 is 0. The molecule has 0 spiro atoms. The zero-order chi connectivity index (χ0) is 12.5. The van der Waals surface area contributed by atoms with Gasteiger partial charge in [-0.25, -0.2) is 9.97 Å². The zero-order valence-electron chi connectivity index (χ0n) is 9.91. The maximum Gasteiger partial charge on any atom is 0.222 e. The minimum Gasteiger partial charge on any atom is -0.368 e. The molecule has 3 rings (SSSR count). The van der Waals surface area contributed by atoms with Crippen molar-refractivity contribution in [3.05, 3.63) is 30.7 Å². The average Bonchev–Trinajstić information content (AvgIpc) is 2.77. The predicted molar refractivity (Wildman–Crippen MR) is 68.6 cm³/mol. The molecule has 0 bridgehead atoms. The fourth-order valence-corrected chi connectivity index (χ4v) is 1.95. The molecule has 3 heterocycles. The van der Waals surface area contributed by atoms with Crippen molar-refractivity contribution in [1.29, 1.82) is 0 Å². The lowest BCUT2D eigenvalue weighted by atomic mass is 10.2. The van der Waals surface area contributed by atoms with E-state index in [0.29, 0.717) is 0 Å². The van der Waals surface area contributed by atoms with Crippen molar-refractivity contribution >= 4 is 17.1 Å². The summed E-state index contributed by atoms with van der Waals surface area (Å²) in [7, 11) is 0. The fourth-order valence-electron chi connectivity index (χ4n) is 1.95. The Morgan fingerprint density at radius 3 is 2.72 bits per heavy atom. The van der Waals surface area contributed by atoms with E-state index in [0.717, 1.165) is 29.1 Å². The summed E-state index contributed by atoms with van der Waals surface area (Å²) in [6, 6.07) is 3.84. The summed E-state index contributed by atoms with van der Waals surface area (Å²) in [6.45, 7) is 2.81. The Morgan fingerprint density at radius 2 is 2.00 bits per heavy atom. The highest BCUT2D eigenvalue weighted by Gasteiger charge is 2.12. The number of hydrogen-bond donors (Lipinski definition) is 1. The molecule has 6 nitrogen and oxygen atoms in total. The molecule has 0 atom stereocenters. The maximum atomic E-state index is 5.62. The van der Waals surface area contributed by atoms with Crippen molar-refractivity contribution in [2.24, 2.45) is 0 Å². The van der Waals surface area contributed by atoms with E-state index in [1.165, 1.54) is 0 Å². The van der Waals surface area contributed by atoms with Gasteiger partial charge in [0.15, 0.2) is 5.65 Å². The first kappa shape index (κ1) is 10.6. The smallest absolute Gasteiger partial charge is 0.222 e. The summed E-state index contributed by atoms with van der Waals surface area (Å²) in [5.41, 5.74) is 8.13. The second-order valence-corrected chi connectivity index (χ2v) is 3.85. The monoisotopic (exact) mass is 240 g/mol. The largest absolute Gasteiger partial charge is 0.368 e. The Bertz CT molecular complexity index is 688. The van der Waals surface area contributed by atoms with Crippen molar-refractivity contribution in [3.63, 3.8) is 0 Å². The molecule has 3 aromatic rings. The van der Waals surface area contributed by atoms with Crippen LogP contribution in [0.15, 0.2) is 30.7 Å². The summed E-state index contributed by atoms with van der Waals surface area (Å²) in [4.78, 5) is 16.8. The minimum absolute atomic E-state index is 0.262. The third kappa shape index (κ3) is 1.58. The van der Waals surface area contributed by atoms with Gasteiger partial charge in [-0.1, -0.05) is 0 Å². The van der Waals surface area contributed by atoms with Gasteiger partial charge in [0, 0.05) is 24.5 Å². The molecule has 0 aliphatic heterocycles. The van der Waals surface area contributed by atoms with Crippen molar-refractivity contribution in [2.45, 2.75) is 13.5 Å². The lowest BCUT2D eigenvalue weighted by molar-refractivity contribution is 0.787. The maximum absolute atomic E-state index is 5.62. The van der Waals surface area contributed by atoms with Crippen LogP contribution in [0.1, 0.15) is 6.92 Å². The number of nitrogens with zero attached hydrogens (tertiary/aromatic N) is 5. The highest BCUT2D eigenvalue weighted by molar-refractivity contribution is 5.77. The van der Waals surface area contributed by atoms with E-state index in [-0.39, 0.29) is 5.95 Å². The van der Waals surface area contributed by atoms with Crippen molar-refractivity contribution < 1.29 is 0 Å². The van der Waals surface area contributed by atoms with Gasteiger partial charge in [-0.3, -0.25) is 4.98 Å². The van der Waals surface area contributed by atoms with Crippen molar-refractivity contribution in [2.75, 3.05) is 5.73 Å². The number of nitrogen functional groups attached to an aromatic ring is 1. The molecule has 0 saturated heterocycles. The van der Waals surface area contributed by atoms with Crippen LogP contribution in [0.5, 0.6) is 0 Å². The Morgan fingerprint density at radius 1 is 1.22 bits per heavy atom. The molecule has 0 unspecified atom stereocenters. The molecule has 3 aromatic heterocycles. The van der Waals surface area contributed by atoms with Gasteiger partial charge in [0.2, 0.25) is 5.95 Å². The van der Waals surface area contributed by atoms with Crippen molar-refractivity contribution in [3.8, 4) is 11.4 Å². The molecule has 90 valence electrons. The first-order valence-corrected chi connectivity index (χ1v) is 5.68. The van der Waals surface area contributed by atoms with Gasteiger partial charge >= 0.3 is 0 Å². The van der Waals surface area contributed by atoms with E-state index in [1.54, 1.807) is 18.6 Å². The van der Waals surface area contributed by atoms with Crippen LogP contribution in [0, 0.1) is 0 Å². The van der Waals surface area contributed by atoms with Crippen LogP contribution in [0.4, 0.5) is 5.95 Å². The van der Waals surface area contributed by atoms with E-state index in [2.05, 4.69) is 19.9 Å². The number of imidazole rings is 1. The van der Waals surface area contributed by atoms with Crippen LogP contribution in [0.3, 0.4) is 0 Å². The second-order valence-electron chi connectivity index (χ2n) is 3.85. The molecule has 0 radical (unpaired) electrons. The Labute approximate surface area is 104 Å². The highest BCUT2D eigenvalue weighted by Crippen LogP contribution is 2.22. The Hall–Kier alpha value is -2.50. The number of anilines is 1. The summed E-state index contributed by atoms with van der Waals surface area (Å²) in [5, 5.41) is 0. The Kier molecular flexibility index (Phi) is 2.40. The second kappa shape index (κ2) is 4.06. The SMILES string of the molecule is CCn1c(-c2ccncc2)nc2cnc(N)nc21. The molecule has 0 aliphatic carbocycles. The summed E-state index contributed by atoms with van der Waals surface area (Å²) in [5.74, 6) is 1.12. The fraction of sp³-hybridized carbons (Fsp3) is 0.167. The predicted octanol–water partition coefficient (Wildman–Crippen LogP) is 1.49. The molecular formula is C12H12N6. The molecule has 2 N–H and O–H groups in total. The molecule has 0 fully saturated rings. The molecule has 6 heteroatoms. The van der Waals surface area contributed by atoms with Crippen LogP contribution in [0.2, 0.25) is 0 Å². The molecule has 0 saturated carbocycles. The van der Waals surface area contributed by atoms with Crippen molar-refractivity contribution in [1.82, 2.24) is 24.5 Å². The third-order valence-corrected chi connectivity index (χ3v) is 2.76. The normalized spacial score (nSPS) is 10.9. The van der Waals surface area contributed by atoms with Crippen LogP contribution in [-0.2, 0) is 6.54 Å². The topological polar surface area (TPSA) is 82.5 Å². The zero-order valence-corrected chi connectivity index (χ0v) is 9.91. The lowest BCUT2D eigenvalue weighted by Crippen LogP contribution is -2.01. The van der Waals surface area contributed by atoms with Crippen LogP contribution < -0.4 is 5.73 Å². The number of hydrogen-bond acceptors (Lipinski definition) is 5. The molecule has 18 heavy (non-hydrogen) atoms. The summed E-state index contributed by atoms with van der Waals surface area (Å²) in [6.07, 6.45) is 5.14. The first-order valence-electron chi connectivity index (χ1n) is 5.68. The average molecular weight is 240 g/mol. The van der Waals surface area contributed by atoms with Gasteiger partial charge < -0.3 is 10.3 Å². The number of pyridine rings is 1. The van der Waals surface area contributed by atoms with Gasteiger partial charge in [-0.15, -0.1) is 0 Å². The van der Waals surface area contributed by atoms with Crippen LogP contribution in [-0.4, -0.2) is 24.5 Å². The quantitative estimate of drug-likeness (QED) is 0.733. The van der Waals surface area contributed by atoms with Crippen LogP contribution in [0.25, 0.3) is 22.6 Å². The molecule has 0 amide bonds. The highest BCUT2D eigenvalue weighted by atomic mass is 15.2. The van der Waals surface area contributed by atoms with Crippen LogP contribution >= 0.6 is 0 Å². The number of rotatable bonds is 2. The first-order chi connectivity index (χ1) is 8.79. The minimum atomic E-state index is 0.262. The molecular weight excluding hydrogens is 228 g/mol. The number of fused-ring (bicyclic) bond motifs is 1. The third-order valence-electron chi connectivity index (χ3n) is 2.76. The van der Waals surface area contributed by atoms with E-state index in [9.17, 15) is 0 Å². The van der Waals surface area contributed by atoms with Gasteiger partial charge in [0.25, 0.3) is 0 Å². The lowest BCUT2D eigenvalue weighted by Gasteiger charge is -2.04. The standard InChI is InChI=1S/C12H12N6/c1-2-18-10(8-3-5-14-6-4-8)16-9-7-15-12(13)17-11(9)18/h3-7H,2H2,1H3,(H2,13,15,17). The van der Waals surface area contributed by atoms with E-state index < -0.39 is 0 Å².